The molecule has 1 rings (SSSR count). The van der Waals surface area contributed by atoms with Crippen molar-refractivity contribution in [3.8, 4) is 5.75 Å². The third-order valence-electron chi connectivity index (χ3n) is 1.45. The molecule has 0 spiro atoms. The van der Waals surface area contributed by atoms with Gasteiger partial charge >= 0.3 is 5.97 Å². The molecule has 1 aromatic rings. The van der Waals surface area contributed by atoms with E-state index in [0.717, 1.165) is 12.1 Å². The Morgan fingerprint density at radius 3 is 2.50 bits per heavy atom. The number of benzene rings is 1. The second kappa shape index (κ2) is 4.00. The Labute approximate surface area is 79.8 Å². The van der Waals surface area contributed by atoms with Gasteiger partial charge in [0, 0.05) is 11.6 Å². The fraction of sp³-hybridized carbons (Fsp3) is 0.100. The van der Waals surface area contributed by atoms with Crippen LogP contribution in [-0.2, 0) is 4.79 Å². The summed E-state index contributed by atoms with van der Waals surface area (Å²) in [5.74, 6) is -2.76. The summed E-state index contributed by atoms with van der Waals surface area (Å²) in [6.07, 6.45) is 0. The van der Waals surface area contributed by atoms with Crippen LogP contribution in [0.5, 0.6) is 5.75 Å². The molecule has 1 aromatic carbocycles. The molecule has 74 valence electrons. The van der Waals surface area contributed by atoms with E-state index in [0.29, 0.717) is 0 Å². The van der Waals surface area contributed by atoms with Gasteiger partial charge in [0.25, 0.3) is 0 Å². The Morgan fingerprint density at radius 2 is 2.00 bits per heavy atom. The number of hydrogen-bond acceptors (Lipinski definition) is 2. The topological polar surface area (TPSA) is 26.3 Å². The Morgan fingerprint density at radius 1 is 1.36 bits per heavy atom. The monoisotopic (exact) mass is 198 g/mol. The zero-order chi connectivity index (χ0) is 10.7. The summed E-state index contributed by atoms with van der Waals surface area (Å²) in [6.45, 7) is 4.81. The summed E-state index contributed by atoms with van der Waals surface area (Å²) in [5, 5.41) is 0. The average Bonchev–Trinajstić information content (AvgIpc) is 2.11. The molecule has 0 radical (unpaired) electrons. The minimum atomic E-state index is -1.06. The van der Waals surface area contributed by atoms with E-state index >= 15 is 0 Å². The molecule has 0 fully saturated rings. The van der Waals surface area contributed by atoms with Crippen molar-refractivity contribution in [2.45, 2.75) is 6.92 Å². The first-order valence-electron chi connectivity index (χ1n) is 3.83. The molecule has 14 heavy (non-hydrogen) atoms. The van der Waals surface area contributed by atoms with Gasteiger partial charge in [-0.3, -0.25) is 0 Å². The molecule has 4 heteroatoms. The smallest absolute Gasteiger partial charge is 0.338 e. The highest BCUT2D eigenvalue weighted by Crippen LogP contribution is 2.16. The Bertz CT molecular complexity index is 386. The molecule has 0 aliphatic rings. The Hall–Kier alpha value is -1.71. The quantitative estimate of drug-likeness (QED) is 0.414. The highest BCUT2D eigenvalue weighted by atomic mass is 19.2. The maximum Gasteiger partial charge on any atom is 0.338 e. The lowest BCUT2D eigenvalue weighted by Crippen LogP contribution is -2.08. The van der Waals surface area contributed by atoms with Crippen LogP contribution in [0.1, 0.15) is 6.92 Å². The van der Waals surface area contributed by atoms with E-state index in [-0.39, 0.29) is 11.3 Å². The van der Waals surface area contributed by atoms with Gasteiger partial charge in [-0.15, -0.1) is 0 Å². The third kappa shape index (κ3) is 2.39. The van der Waals surface area contributed by atoms with Crippen LogP contribution in [-0.4, -0.2) is 5.97 Å². The molecule has 0 bridgehead atoms. The molecule has 2 nitrogen and oxygen atoms in total. The lowest BCUT2D eigenvalue weighted by atomic mass is 10.3. The first-order valence-corrected chi connectivity index (χ1v) is 3.83. The number of carbonyl (C=O) groups excluding carboxylic acids is 1. The van der Waals surface area contributed by atoms with Crippen molar-refractivity contribution in [3.63, 3.8) is 0 Å². The van der Waals surface area contributed by atoms with E-state index < -0.39 is 17.6 Å². The molecule has 0 unspecified atom stereocenters. The van der Waals surface area contributed by atoms with Crippen molar-refractivity contribution in [1.29, 1.82) is 0 Å². The zero-order valence-corrected chi connectivity index (χ0v) is 7.51. The summed E-state index contributed by atoms with van der Waals surface area (Å²) in [4.78, 5) is 11.0. The maximum absolute atomic E-state index is 12.6. The molecule has 0 amide bonds. The standard InChI is InChI=1S/C10H8F2O2/c1-6(2)10(13)14-7-3-4-8(11)9(12)5-7/h3-5H,1H2,2H3. The van der Waals surface area contributed by atoms with Crippen LogP contribution in [0.25, 0.3) is 0 Å². The van der Waals surface area contributed by atoms with E-state index in [4.69, 9.17) is 0 Å². The van der Waals surface area contributed by atoms with Crippen molar-refractivity contribution in [2.75, 3.05) is 0 Å². The van der Waals surface area contributed by atoms with Crippen molar-refractivity contribution in [3.05, 3.63) is 42.0 Å². The van der Waals surface area contributed by atoms with E-state index in [1.807, 2.05) is 0 Å². The van der Waals surface area contributed by atoms with Crippen LogP contribution < -0.4 is 4.74 Å². The molecule has 0 N–H and O–H groups in total. The van der Waals surface area contributed by atoms with Crippen LogP contribution >= 0.6 is 0 Å². The summed E-state index contributed by atoms with van der Waals surface area (Å²) < 4.78 is 29.8. The van der Waals surface area contributed by atoms with Crippen LogP contribution in [0, 0.1) is 11.6 Å². The normalized spacial score (nSPS) is 9.64. The van der Waals surface area contributed by atoms with Crippen molar-refractivity contribution >= 4 is 5.97 Å². The number of hydrogen-bond donors (Lipinski definition) is 0. The zero-order valence-electron chi connectivity index (χ0n) is 7.51. The second-order valence-electron chi connectivity index (χ2n) is 2.75. The molecule has 0 heterocycles. The largest absolute Gasteiger partial charge is 0.423 e. The molecule has 0 aliphatic carbocycles. The fourth-order valence-corrected chi connectivity index (χ4v) is 0.734. The number of rotatable bonds is 2. The molecular weight excluding hydrogens is 190 g/mol. The Balaban J connectivity index is 2.83. The van der Waals surface area contributed by atoms with E-state index in [2.05, 4.69) is 11.3 Å². The van der Waals surface area contributed by atoms with Gasteiger partial charge in [0.1, 0.15) is 5.75 Å². The molecule has 0 saturated heterocycles. The third-order valence-corrected chi connectivity index (χ3v) is 1.45. The number of ether oxygens (including phenoxy) is 1. The first-order chi connectivity index (χ1) is 6.50. The molecule has 0 atom stereocenters. The summed E-state index contributed by atoms with van der Waals surface area (Å²) in [5.41, 5.74) is 0.190. The van der Waals surface area contributed by atoms with E-state index in [1.165, 1.54) is 13.0 Å². The minimum absolute atomic E-state index is 0.0445. The fourth-order valence-electron chi connectivity index (χ4n) is 0.734. The van der Waals surface area contributed by atoms with E-state index in [9.17, 15) is 13.6 Å². The summed E-state index contributed by atoms with van der Waals surface area (Å²) in [6, 6.07) is 2.85. The number of carbonyl (C=O) groups is 1. The van der Waals surface area contributed by atoms with Crippen LogP contribution in [0.2, 0.25) is 0 Å². The number of halogens is 2. The highest BCUT2D eigenvalue weighted by molar-refractivity contribution is 5.88. The van der Waals surface area contributed by atoms with Gasteiger partial charge in [-0.2, -0.15) is 0 Å². The van der Waals surface area contributed by atoms with Crippen LogP contribution in [0.15, 0.2) is 30.4 Å². The lowest BCUT2D eigenvalue weighted by Gasteiger charge is -2.03. The number of esters is 1. The first kappa shape index (κ1) is 10.4. The van der Waals surface area contributed by atoms with Gasteiger partial charge in [-0.05, 0) is 19.1 Å². The predicted octanol–water partition coefficient (Wildman–Crippen LogP) is 2.45. The minimum Gasteiger partial charge on any atom is -0.423 e. The van der Waals surface area contributed by atoms with Gasteiger partial charge < -0.3 is 4.74 Å². The maximum atomic E-state index is 12.6. The lowest BCUT2D eigenvalue weighted by molar-refractivity contribution is -0.130. The predicted molar refractivity (Wildman–Crippen MR) is 46.8 cm³/mol. The van der Waals surface area contributed by atoms with Crippen LogP contribution in [0.3, 0.4) is 0 Å². The average molecular weight is 198 g/mol. The summed E-state index contributed by atoms with van der Waals surface area (Å²) in [7, 11) is 0. The van der Waals surface area contributed by atoms with Crippen molar-refractivity contribution in [2.24, 2.45) is 0 Å². The van der Waals surface area contributed by atoms with Crippen molar-refractivity contribution < 1.29 is 18.3 Å². The summed E-state index contributed by atoms with van der Waals surface area (Å²) >= 11 is 0. The molecule has 0 aromatic heterocycles. The molecule has 0 aliphatic heterocycles. The van der Waals surface area contributed by atoms with Gasteiger partial charge in [0.2, 0.25) is 0 Å². The van der Waals surface area contributed by atoms with Gasteiger partial charge in [-0.25, -0.2) is 13.6 Å². The van der Waals surface area contributed by atoms with Gasteiger partial charge in [0.05, 0.1) is 0 Å². The van der Waals surface area contributed by atoms with Gasteiger partial charge in [-0.1, -0.05) is 6.58 Å². The Kier molecular flexibility index (Phi) is 2.96. The van der Waals surface area contributed by atoms with Crippen LogP contribution in [0.4, 0.5) is 8.78 Å². The van der Waals surface area contributed by atoms with Gasteiger partial charge in [0.15, 0.2) is 11.6 Å². The molecule has 0 saturated carbocycles. The highest BCUT2D eigenvalue weighted by Gasteiger charge is 2.08. The van der Waals surface area contributed by atoms with E-state index in [1.54, 1.807) is 0 Å². The van der Waals surface area contributed by atoms with Crippen molar-refractivity contribution in [1.82, 2.24) is 0 Å². The SMILES string of the molecule is C=C(C)C(=O)Oc1ccc(F)c(F)c1. The molecular formula is C10H8F2O2. The second-order valence-corrected chi connectivity index (χ2v) is 2.75.